The minimum Gasteiger partial charge on any atom is -0.483 e. The molecule has 2 aromatic rings. The topological polar surface area (TPSA) is 44.8 Å². The summed E-state index contributed by atoms with van der Waals surface area (Å²) in [7, 11) is 0. The van der Waals surface area contributed by atoms with Gasteiger partial charge < -0.3 is 14.2 Å². The Morgan fingerprint density at radius 1 is 1.00 bits per heavy atom. The Labute approximate surface area is 185 Å². The normalized spacial score (nSPS) is 24.1. The van der Waals surface area contributed by atoms with Gasteiger partial charge in [-0.25, -0.2) is 4.79 Å². The first-order valence-electron chi connectivity index (χ1n) is 11.0. The maximum Gasteiger partial charge on any atom is 0.573 e. The van der Waals surface area contributed by atoms with E-state index in [0.29, 0.717) is 24.0 Å². The van der Waals surface area contributed by atoms with E-state index in [1.807, 2.05) is 13.8 Å². The molecule has 4 unspecified atom stereocenters. The Morgan fingerprint density at radius 2 is 1.75 bits per heavy atom. The first kappa shape index (κ1) is 22.5. The summed E-state index contributed by atoms with van der Waals surface area (Å²) in [6, 6.07) is 12.1. The highest BCUT2D eigenvalue weighted by molar-refractivity contribution is 5.91. The minimum atomic E-state index is -4.88. The van der Waals surface area contributed by atoms with Gasteiger partial charge in [0.05, 0.1) is 5.56 Å². The molecule has 4 nitrogen and oxygen atoms in total. The lowest BCUT2D eigenvalue weighted by molar-refractivity contribution is -0.275. The fraction of sp³-hybridized carbons (Fsp3) is 0.480. The van der Waals surface area contributed by atoms with Crippen LogP contribution < -0.4 is 14.2 Å². The molecule has 0 aromatic heterocycles. The SMILES string of the molecule is CCC(C)(Oc1cc(C(=O)Oc2ccccc2)ccc1OC(F)(F)F)C1CC2CCC1C2. The number of carbonyl (C=O) groups is 1. The second kappa shape index (κ2) is 8.68. The van der Waals surface area contributed by atoms with Gasteiger partial charge in [0.25, 0.3) is 0 Å². The van der Waals surface area contributed by atoms with Gasteiger partial charge in [0.15, 0.2) is 11.5 Å². The van der Waals surface area contributed by atoms with E-state index in [-0.39, 0.29) is 17.2 Å². The van der Waals surface area contributed by atoms with Gasteiger partial charge in [-0.15, -0.1) is 13.2 Å². The number of ether oxygens (including phenoxy) is 3. The lowest BCUT2D eigenvalue weighted by Gasteiger charge is -2.40. The average Bonchev–Trinajstić information content (AvgIpc) is 3.39. The Balaban J connectivity index is 1.62. The monoisotopic (exact) mass is 448 g/mol. The van der Waals surface area contributed by atoms with Crippen molar-refractivity contribution in [2.45, 2.75) is 57.9 Å². The molecule has 0 N–H and O–H groups in total. The largest absolute Gasteiger partial charge is 0.573 e. The standard InChI is InChI=1S/C25H27F3O4/c1-3-24(2,20-14-16-9-10-17(20)13-16)31-22-15-18(11-12-21(22)32-25(26,27)28)23(29)30-19-7-5-4-6-8-19/h4-8,11-12,15-17,20H,3,9-10,13-14H2,1-2H3. The highest BCUT2D eigenvalue weighted by Gasteiger charge is 2.49. The van der Waals surface area contributed by atoms with E-state index in [2.05, 4.69) is 4.74 Å². The average molecular weight is 448 g/mol. The van der Waals surface area contributed by atoms with Gasteiger partial charge in [-0.05, 0) is 74.8 Å². The number of carbonyl (C=O) groups excluding carboxylic acids is 1. The number of alkyl halides is 3. The molecule has 32 heavy (non-hydrogen) atoms. The van der Waals surface area contributed by atoms with Crippen molar-refractivity contribution in [3.05, 3.63) is 54.1 Å². The van der Waals surface area contributed by atoms with E-state index < -0.39 is 23.7 Å². The van der Waals surface area contributed by atoms with Crippen molar-refractivity contribution in [2.24, 2.45) is 17.8 Å². The van der Waals surface area contributed by atoms with Crippen LogP contribution in [0, 0.1) is 17.8 Å². The predicted octanol–water partition coefficient (Wildman–Crippen LogP) is 6.79. The van der Waals surface area contributed by atoms with Crippen LogP contribution in [0.1, 0.15) is 56.3 Å². The van der Waals surface area contributed by atoms with Crippen molar-refractivity contribution >= 4 is 5.97 Å². The number of hydrogen-bond acceptors (Lipinski definition) is 4. The molecule has 172 valence electrons. The summed E-state index contributed by atoms with van der Waals surface area (Å²) in [5.74, 6) is 0.535. The van der Waals surface area contributed by atoms with Crippen molar-refractivity contribution in [2.75, 3.05) is 0 Å². The number of para-hydroxylation sites is 1. The molecular weight excluding hydrogens is 421 g/mol. The maximum absolute atomic E-state index is 13.0. The van der Waals surface area contributed by atoms with Gasteiger partial charge >= 0.3 is 12.3 Å². The molecule has 0 spiro atoms. The summed E-state index contributed by atoms with van der Waals surface area (Å²) >= 11 is 0. The number of esters is 1. The van der Waals surface area contributed by atoms with Gasteiger partial charge in [-0.2, -0.15) is 0 Å². The van der Waals surface area contributed by atoms with Gasteiger partial charge in [-0.1, -0.05) is 31.5 Å². The second-order valence-corrected chi connectivity index (χ2v) is 8.96. The molecular formula is C25H27F3O4. The molecule has 0 amide bonds. The molecule has 7 heteroatoms. The summed E-state index contributed by atoms with van der Waals surface area (Å²) < 4.78 is 54.9. The molecule has 4 atom stereocenters. The van der Waals surface area contributed by atoms with Crippen LogP contribution in [0.15, 0.2) is 48.5 Å². The highest BCUT2D eigenvalue weighted by Crippen LogP contribution is 2.54. The third-order valence-corrected chi connectivity index (χ3v) is 6.93. The first-order chi connectivity index (χ1) is 15.2. The molecule has 2 aliphatic carbocycles. The zero-order valence-electron chi connectivity index (χ0n) is 18.2. The molecule has 0 saturated heterocycles. The molecule has 2 bridgehead atoms. The zero-order valence-corrected chi connectivity index (χ0v) is 18.2. The van der Waals surface area contributed by atoms with E-state index in [1.165, 1.54) is 18.6 Å². The molecule has 2 aliphatic rings. The fourth-order valence-electron chi connectivity index (χ4n) is 5.23. The van der Waals surface area contributed by atoms with Gasteiger partial charge in [0.1, 0.15) is 11.4 Å². The van der Waals surface area contributed by atoms with Crippen molar-refractivity contribution in [3.63, 3.8) is 0 Å². The highest BCUT2D eigenvalue weighted by atomic mass is 19.4. The molecule has 2 fully saturated rings. The van der Waals surface area contributed by atoms with Crippen LogP contribution in [-0.2, 0) is 0 Å². The lowest BCUT2D eigenvalue weighted by Crippen LogP contribution is -2.43. The van der Waals surface area contributed by atoms with Crippen LogP contribution >= 0.6 is 0 Å². The van der Waals surface area contributed by atoms with Crippen molar-refractivity contribution in [1.29, 1.82) is 0 Å². The van der Waals surface area contributed by atoms with Crippen molar-refractivity contribution in [3.8, 4) is 17.2 Å². The minimum absolute atomic E-state index is 0.0878. The summed E-state index contributed by atoms with van der Waals surface area (Å²) in [5, 5.41) is 0. The molecule has 0 radical (unpaired) electrons. The molecule has 4 rings (SSSR count). The Hall–Kier alpha value is -2.70. The van der Waals surface area contributed by atoms with Gasteiger partial charge in [-0.3, -0.25) is 0 Å². The second-order valence-electron chi connectivity index (χ2n) is 8.96. The maximum atomic E-state index is 13.0. The summed E-state index contributed by atoms with van der Waals surface area (Å²) in [4.78, 5) is 12.6. The van der Waals surface area contributed by atoms with Gasteiger partial charge in [0, 0.05) is 5.92 Å². The fourth-order valence-corrected chi connectivity index (χ4v) is 5.23. The van der Waals surface area contributed by atoms with Crippen molar-refractivity contribution in [1.82, 2.24) is 0 Å². The third kappa shape index (κ3) is 4.87. The number of rotatable bonds is 7. The molecule has 2 aromatic carbocycles. The summed E-state index contributed by atoms with van der Waals surface area (Å²) in [6.45, 7) is 3.93. The van der Waals surface area contributed by atoms with Gasteiger partial charge in [0.2, 0.25) is 0 Å². The number of hydrogen-bond donors (Lipinski definition) is 0. The molecule has 0 aliphatic heterocycles. The van der Waals surface area contributed by atoms with Crippen LogP contribution in [0.4, 0.5) is 13.2 Å². The van der Waals surface area contributed by atoms with Crippen LogP contribution in [0.3, 0.4) is 0 Å². The smallest absolute Gasteiger partial charge is 0.483 e. The first-order valence-corrected chi connectivity index (χ1v) is 11.0. The van der Waals surface area contributed by atoms with Crippen LogP contribution in [0.5, 0.6) is 17.2 Å². The Morgan fingerprint density at radius 3 is 2.34 bits per heavy atom. The van der Waals surface area contributed by atoms with Crippen molar-refractivity contribution < 1.29 is 32.2 Å². The van der Waals surface area contributed by atoms with Crippen LogP contribution in [-0.4, -0.2) is 17.9 Å². The van der Waals surface area contributed by atoms with E-state index in [1.54, 1.807) is 30.3 Å². The van der Waals surface area contributed by atoms with Crippen LogP contribution in [0.25, 0.3) is 0 Å². The van der Waals surface area contributed by atoms with E-state index in [0.717, 1.165) is 25.3 Å². The number of halogens is 3. The van der Waals surface area contributed by atoms with E-state index in [4.69, 9.17) is 9.47 Å². The zero-order chi connectivity index (χ0) is 22.9. The summed E-state index contributed by atoms with van der Waals surface area (Å²) in [5.41, 5.74) is -0.573. The molecule has 0 heterocycles. The Kier molecular flexibility index (Phi) is 6.10. The number of fused-ring (bicyclic) bond motifs is 2. The Bertz CT molecular complexity index is 959. The third-order valence-electron chi connectivity index (χ3n) is 6.93. The molecule has 2 saturated carbocycles. The van der Waals surface area contributed by atoms with E-state index >= 15 is 0 Å². The van der Waals surface area contributed by atoms with E-state index in [9.17, 15) is 18.0 Å². The lowest BCUT2D eigenvalue weighted by atomic mass is 9.75. The summed E-state index contributed by atoms with van der Waals surface area (Å²) in [6.07, 6.45) is 0.261. The van der Waals surface area contributed by atoms with Crippen LogP contribution in [0.2, 0.25) is 0 Å². The quantitative estimate of drug-likeness (QED) is 0.346. The number of benzene rings is 2. The predicted molar refractivity (Wildman–Crippen MR) is 113 cm³/mol.